The SMILES string of the molecule is CC/C=C\C/C=C\C/C=C\C/C=C\C/C=C\CCCCCC(=O)OC[C@H](COP(=O)(O)OC[C@@H](O)COP(=O)(O)OC[C@@H](COC(=O)CCCCC/C=C\C/C=C\C/C=C\C/C=C\C/C=C\CC)OC(=O)CCCCCCC/C=C\C/C=C\CCCCC)OC(=O)CCC/C=C\C/C=C\C/C=C\C/C=C\CCCCC. The fourth-order valence-electron chi connectivity index (χ4n) is 10.2. The van der Waals surface area contributed by atoms with Crippen LogP contribution in [-0.2, 0) is 65.4 Å². The van der Waals surface area contributed by atoms with Crippen LogP contribution in [0.3, 0.4) is 0 Å². The summed E-state index contributed by atoms with van der Waals surface area (Å²) in [5, 5.41) is 10.7. The Morgan fingerprint density at radius 2 is 0.482 bits per heavy atom. The van der Waals surface area contributed by atoms with E-state index in [1.807, 2.05) is 12.2 Å². The molecule has 0 radical (unpaired) electrons. The predicted octanol–water partition coefficient (Wildman–Crippen LogP) is 24.9. The van der Waals surface area contributed by atoms with Gasteiger partial charge in [0.2, 0.25) is 0 Å². The molecule has 0 aromatic carbocycles. The lowest BCUT2D eigenvalue weighted by Crippen LogP contribution is -2.30. The normalized spacial score (nSPS) is 14.8. The fraction of sp³-hybridized carbons (Fsp3) is 0.604. The molecule has 5 atom stereocenters. The van der Waals surface area contributed by atoms with Crippen molar-refractivity contribution in [3.63, 3.8) is 0 Å². The quantitative estimate of drug-likeness (QED) is 0.0169. The van der Waals surface area contributed by atoms with Gasteiger partial charge in [-0.05, 0) is 186 Å². The van der Waals surface area contributed by atoms with E-state index in [1.54, 1.807) is 0 Å². The Hall–Kier alpha value is -6.10. The molecular weight excluding hydrogens is 1430 g/mol. The smallest absolute Gasteiger partial charge is 0.462 e. The van der Waals surface area contributed by atoms with E-state index in [2.05, 4.69) is 210 Å². The van der Waals surface area contributed by atoms with Gasteiger partial charge in [0, 0.05) is 25.7 Å². The van der Waals surface area contributed by atoms with Crippen LogP contribution in [0.2, 0.25) is 0 Å². The number of hydrogen-bond acceptors (Lipinski definition) is 15. The van der Waals surface area contributed by atoms with Crippen molar-refractivity contribution in [3.8, 4) is 0 Å². The van der Waals surface area contributed by atoms with E-state index in [4.69, 9.17) is 37.0 Å². The van der Waals surface area contributed by atoms with Gasteiger partial charge in [0.05, 0.1) is 26.4 Å². The molecule has 0 bridgehead atoms. The van der Waals surface area contributed by atoms with Crippen molar-refractivity contribution in [2.24, 2.45) is 0 Å². The van der Waals surface area contributed by atoms with Crippen molar-refractivity contribution in [3.05, 3.63) is 194 Å². The minimum absolute atomic E-state index is 0.00280. The molecule has 0 saturated carbocycles. The molecule has 0 aromatic heterocycles. The number of phosphoric ester groups is 2. The first-order valence-corrected chi connectivity index (χ1v) is 44.7. The summed E-state index contributed by atoms with van der Waals surface area (Å²) >= 11 is 0. The third kappa shape index (κ3) is 80.0. The van der Waals surface area contributed by atoms with Gasteiger partial charge in [0.1, 0.15) is 19.3 Å². The topological polar surface area (TPSA) is 237 Å². The third-order valence-electron chi connectivity index (χ3n) is 16.5. The Morgan fingerprint density at radius 3 is 0.773 bits per heavy atom. The number of unbranched alkanes of at least 4 members (excludes halogenated alkanes) is 18. The Kier molecular flexibility index (Phi) is 76.4. The highest BCUT2D eigenvalue weighted by Crippen LogP contribution is 2.45. The molecule has 0 aliphatic carbocycles. The largest absolute Gasteiger partial charge is 0.472 e. The zero-order chi connectivity index (χ0) is 80.3. The molecule has 0 fully saturated rings. The molecule has 0 rings (SSSR count). The molecule has 0 saturated heterocycles. The molecule has 0 aliphatic rings. The average molecular weight is 1570 g/mol. The highest BCUT2D eigenvalue weighted by Gasteiger charge is 2.30. The minimum Gasteiger partial charge on any atom is -0.462 e. The maximum Gasteiger partial charge on any atom is 0.472 e. The number of phosphoric acid groups is 2. The van der Waals surface area contributed by atoms with Crippen molar-refractivity contribution in [2.45, 2.75) is 316 Å². The summed E-state index contributed by atoms with van der Waals surface area (Å²) in [6.07, 6.45) is 99.8. The average Bonchev–Trinajstić information content (AvgIpc) is 0.906. The zero-order valence-corrected chi connectivity index (χ0v) is 69.9. The number of rotatable bonds is 76. The van der Waals surface area contributed by atoms with Gasteiger partial charge < -0.3 is 33.8 Å². The summed E-state index contributed by atoms with van der Waals surface area (Å²) in [5.41, 5.74) is 0. The van der Waals surface area contributed by atoms with E-state index in [1.165, 1.54) is 38.5 Å². The van der Waals surface area contributed by atoms with Crippen molar-refractivity contribution < 1.29 is 80.2 Å². The van der Waals surface area contributed by atoms with Crippen molar-refractivity contribution in [1.29, 1.82) is 0 Å². The molecule has 0 amide bonds. The molecule has 0 aliphatic heterocycles. The molecule has 622 valence electrons. The van der Waals surface area contributed by atoms with Gasteiger partial charge in [0.15, 0.2) is 12.2 Å². The van der Waals surface area contributed by atoms with Crippen LogP contribution in [0.4, 0.5) is 0 Å². The molecule has 19 heteroatoms. The van der Waals surface area contributed by atoms with Gasteiger partial charge in [-0.3, -0.25) is 37.3 Å². The van der Waals surface area contributed by atoms with Crippen LogP contribution in [0.25, 0.3) is 0 Å². The van der Waals surface area contributed by atoms with Crippen LogP contribution in [0, 0.1) is 0 Å². The molecule has 110 heavy (non-hydrogen) atoms. The fourth-order valence-corrected chi connectivity index (χ4v) is 11.8. The molecule has 0 heterocycles. The highest BCUT2D eigenvalue weighted by atomic mass is 31.2. The lowest BCUT2D eigenvalue weighted by Gasteiger charge is -2.21. The van der Waals surface area contributed by atoms with Gasteiger partial charge in [-0.15, -0.1) is 0 Å². The van der Waals surface area contributed by atoms with E-state index < -0.39 is 97.5 Å². The van der Waals surface area contributed by atoms with Crippen LogP contribution in [-0.4, -0.2) is 96.7 Å². The first-order valence-electron chi connectivity index (χ1n) is 41.7. The zero-order valence-electron chi connectivity index (χ0n) is 68.1. The lowest BCUT2D eigenvalue weighted by atomic mass is 10.1. The highest BCUT2D eigenvalue weighted by molar-refractivity contribution is 7.47. The first kappa shape index (κ1) is 104. The Balaban J connectivity index is 5.52. The number of allylic oxidation sites excluding steroid dienone is 32. The summed E-state index contributed by atoms with van der Waals surface area (Å²) < 4.78 is 68.6. The summed E-state index contributed by atoms with van der Waals surface area (Å²) in [5.74, 6) is -2.35. The number of carbonyl (C=O) groups excluding carboxylic acids is 4. The minimum atomic E-state index is -5.02. The predicted molar refractivity (Wildman–Crippen MR) is 454 cm³/mol. The van der Waals surface area contributed by atoms with Gasteiger partial charge in [-0.25, -0.2) is 9.13 Å². The van der Waals surface area contributed by atoms with Gasteiger partial charge in [-0.2, -0.15) is 0 Å². The van der Waals surface area contributed by atoms with E-state index in [9.17, 15) is 43.2 Å². The van der Waals surface area contributed by atoms with Crippen LogP contribution in [0.5, 0.6) is 0 Å². The van der Waals surface area contributed by atoms with Gasteiger partial charge >= 0.3 is 39.5 Å². The summed E-state index contributed by atoms with van der Waals surface area (Å²) in [6, 6.07) is 0. The first-order chi connectivity index (χ1) is 53.7. The van der Waals surface area contributed by atoms with Crippen LogP contribution in [0.15, 0.2) is 194 Å². The molecule has 0 aromatic rings. The second-order valence-corrected chi connectivity index (χ2v) is 29.8. The van der Waals surface area contributed by atoms with E-state index >= 15 is 0 Å². The van der Waals surface area contributed by atoms with Crippen molar-refractivity contribution in [2.75, 3.05) is 39.6 Å². The van der Waals surface area contributed by atoms with Gasteiger partial charge in [-0.1, -0.05) is 280 Å². The number of aliphatic hydroxyl groups excluding tert-OH is 1. The number of esters is 4. The molecule has 3 N–H and O–H groups in total. The third-order valence-corrected chi connectivity index (χ3v) is 18.4. The molecule has 2 unspecified atom stereocenters. The standard InChI is InChI=1S/C91H146O17P2/c1-5-9-13-17-21-25-29-33-37-40-42-45-48-51-55-59-63-67-71-75-88(93)101-81-86(107-90(95)77-73-69-65-61-57-53-47-36-32-28-24-20-16-12-8-4)83-105-109(97,98)103-79-85(92)80-104-110(99,100)106-84-87(108-91(96)78-74-70-66-62-58-54-50-44-39-35-31-27-23-19-15-11-7-3)82-102-89(94)76-72-68-64-60-56-52-49-46-43-41-38-34-30-26-22-18-14-10-6-2/h9-10,13-14,21-28,33-39,42-43,45-47,50-52,54-56,62,66,85-87,92H,5-8,11-12,15-20,29-32,40-41,44,48-49,53,57-61,63-65,67-84H2,1-4H3,(H,97,98)(H,99,100)/b13-9-,14-10-,25-21-,26-22-,27-23-,28-24-,37-33-,38-34-,39-35-,45-42-,46-43-,47-36-,54-50-,55-51-,56-52-,66-62-/t85-,86+,87+/m0/s1. The molecule has 17 nitrogen and oxygen atoms in total. The lowest BCUT2D eigenvalue weighted by molar-refractivity contribution is -0.161. The van der Waals surface area contributed by atoms with Crippen LogP contribution in [0.1, 0.15) is 297 Å². The second kappa shape index (κ2) is 80.9. The maximum atomic E-state index is 13.1. The van der Waals surface area contributed by atoms with Crippen LogP contribution >= 0.6 is 15.6 Å². The number of ether oxygens (including phenoxy) is 4. The van der Waals surface area contributed by atoms with E-state index in [0.717, 1.165) is 173 Å². The summed E-state index contributed by atoms with van der Waals surface area (Å²) in [4.78, 5) is 73.2. The summed E-state index contributed by atoms with van der Waals surface area (Å²) in [6.45, 7) is 4.42. The Bertz CT molecular complexity index is 2850. The van der Waals surface area contributed by atoms with Crippen LogP contribution < -0.4 is 0 Å². The number of hydrogen-bond donors (Lipinski definition) is 3. The maximum absolute atomic E-state index is 13.1. The Labute approximate surface area is 666 Å². The second-order valence-electron chi connectivity index (χ2n) is 26.9. The monoisotopic (exact) mass is 1570 g/mol. The number of aliphatic hydroxyl groups is 1. The summed E-state index contributed by atoms with van der Waals surface area (Å²) in [7, 11) is -10.0. The van der Waals surface area contributed by atoms with Crippen molar-refractivity contribution >= 4 is 39.5 Å². The van der Waals surface area contributed by atoms with E-state index in [-0.39, 0.29) is 25.7 Å². The molecular formula is C91H146O17P2. The number of carbonyl (C=O) groups is 4. The Morgan fingerprint density at radius 1 is 0.264 bits per heavy atom. The molecule has 0 spiro atoms. The van der Waals surface area contributed by atoms with E-state index in [0.29, 0.717) is 32.1 Å². The van der Waals surface area contributed by atoms with Gasteiger partial charge in [0.25, 0.3) is 0 Å². The van der Waals surface area contributed by atoms with Crippen molar-refractivity contribution in [1.82, 2.24) is 0 Å².